The van der Waals surface area contributed by atoms with Crippen LogP contribution in [-0.2, 0) is 14.6 Å². The number of rotatable bonds is 2. The Morgan fingerprint density at radius 2 is 1.78 bits per heavy atom. The molecule has 0 N–H and O–H groups in total. The van der Waals surface area contributed by atoms with E-state index in [-0.39, 0.29) is 15.6 Å². The molecule has 2 aromatic rings. The summed E-state index contributed by atoms with van der Waals surface area (Å²) in [4.78, 5) is 16.0. The molecular weight excluding hydrogens is 367 g/mol. The summed E-state index contributed by atoms with van der Waals surface area (Å²) in [5, 5.41) is 0. The van der Waals surface area contributed by atoms with Gasteiger partial charge in [0.1, 0.15) is 5.82 Å². The lowest BCUT2D eigenvalue weighted by molar-refractivity contribution is -0.125. The number of fused-ring (bicyclic) bond motifs is 1. The van der Waals surface area contributed by atoms with E-state index in [4.69, 9.17) is 0 Å². The molecule has 0 atom stereocenters. The summed E-state index contributed by atoms with van der Waals surface area (Å²) < 4.78 is 39.9. The molecule has 2 heterocycles. The third kappa shape index (κ3) is 2.92. The lowest BCUT2D eigenvalue weighted by Gasteiger charge is -2.30. The molecule has 1 fully saturated rings. The topological polar surface area (TPSA) is 57.7 Å². The SMILES string of the molecule is Cc1cc(N2C=C(C(=O)N3CCCC3)S(=O)(=O)c3ccccc32)ccc1F. The lowest BCUT2D eigenvalue weighted by Crippen LogP contribution is -2.35. The second-order valence-electron chi connectivity index (χ2n) is 6.77. The van der Waals surface area contributed by atoms with Crippen LogP contribution in [0.2, 0.25) is 0 Å². The summed E-state index contributed by atoms with van der Waals surface area (Å²) in [6.45, 7) is 2.76. The molecule has 0 aromatic heterocycles. The van der Waals surface area contributed by atoms with Gasteiger partial charge in [-0.05, 0) is 55.7 Å². The Morgan fingerprint density at radius 1 is 1.07 bits per heavy atom. The molecule has 0 radical (unpaired) electrons. The third-order valence-corrected chi connectivity index (χ3v) is 6.76. The van der Waals surface area contributed by atoms with Gasteiger partial charge in [-0.3, -0.25) is 4.79 Å². The highest BCUT2D eigenvalue weighted by molar-refractivity contribution is 7.96. The van der Waals surface area contributed by atoms with Crippen molar-refractivity contribution < 1.29 is 17.6 Å². The molecule has 2 aromatic carbocycles. The molecule has 2 aliphatic rings. The Labute approximate surface area is 157 Å². The van der Waals surface area contributed by atoms with Gasteiger partial charge in [-0.2, -0.15) is 0 Å². The zero-order chi connectivity index (χ0) is 19.2. The first-order valence-electron chi connectivity index (χ1n) is 8.80. The zero-order valence-electron chi connectivity index (χ0n) is 14.9. The van der Waals surface area contributed by atoms with Gasteiger partial charge in [0.25, 0.3) is 5.91 Å². The van der Waals surface area contributed by atoms with Crippen LogP contribution in [-0.4, -0.2) is 32.3 Å². The number of carbonyl (C=O) groups is 1. The van der Waals surface area contributed by atoms with E-state index in [0.29, 0.717) is 30.0 Å². The average molecular weight is 386 g/mol. The van der Waals surface area contributed by atoms with E-state index in [9.17, 15) is 17.6 Å². The minimum absolute atomic E-state index is 0.0806. The minimum Gasteiger partial charge on any atom is -0.338 e. The molecule has 0 aliphatic carbocycles. The first-order chi connectivity index (χ1) is 12.9. The first-order valence-corrected chi connectivity index (χ1v) is 10.3. The normalized spacial score (nSPS) is 18.2. The van der Waals surface area contributed by atoms with E-state index < -0.39 is 15.7 Å². The molecule has 0 spiro atoms. The second-order valence-corrected chi connectivity index (χ2v) is 8.65. The summed E-state index contributed by atoms with van der Waals surface area (Å²) >= 11 is 0. The molecule has 1 saturated heterocycles. The van der Waals surface area contributed by atoms with Crippen molar-refractivity contribution in [3.05, 3.63) is 65.0 Å². The van der Waals surface area contributed by atoms with Crippen LogP contribution in [0, 0.1) is 12.7 Å². The summed E-state index contributed by atoms with van der Waals surface area (Å²) in [5.41, 5.74) is 1.49. The Morgan fingerprint density at radius 3 is 2.48 bits per heavy atom. The van der Waals surface area contributed by atoms with Crippen molar-refractivity contribution in [2.75, 3.05) is 18.0 Å². The van der Waals surface area contributed by atoms with Gasteiger partial charge < -0.3 is 9.80 Å². The molecule has 0 bridgehead atoms. The summed E-state index contributed by atoms with van der Waals surface area (Å²) in [5.74, 6) is -0.820. The maximum atomic E-state index is 13.7. The standard InChI is InChI=1S/C20H19FN2O3S/c1-14-12-15(8-9-16(14)21)23-13-19(20(24)22-10-4-5-11-22)27(25,26)18-7-3-2-6-17(18)23/h2-3,6-9,12-13H,4-5,10-11H2,1H3. The smallest absolute Gasteiger partial charge is 0.267 e. The van der Waals surface area contributed by atoms with Crippen molar-refractivity contribution in [3.63, 3.8) is 0 Å². The highest BCUT2D eigenvalue weighted by Crippen LogP contribution is 2.40. The van der Waals surface area contributed by atoms with Crippen LogP contribution in [0.1, 0.15) is 18.4 Å². The van der Waals surface area contributed by atoms with Gasteiger partial charge >= 0.3 is 0 Å². The number of sulfone groups is 1. The molecule has 5 nitrogen and oxygen atoms in total. The van der Waals surface area contributed by atoms with Gasteiger partial charge in [0, 0.05) is 25.0 Å². The van der Waals surface area contributed by atoms with Gasteiger partial charge in [0.2, 0.25) is 9.84 Å². The number of anilines is 2. The van der Waals surface area contributed by atoms with Gasteiger partial charge in [0.05, 0.1) is 10.6 Å². The van der Waals surface area contributed by atoms with Crippen molar-refractivity contribution >= 4 is 27.1 Å². The maximum Gasteiger partial charge on any atom is 0.267 e. The molecule has 140 valence electrons. The van der Waals surface area contributed by atoms with Gasteiger partial charge in [-0.1, -0.05) is 12.1 Å². The number of halogens is 1. The van der Waals surface area contributed by atoms with E-state index in [1.165, 1.54) is 18.3 Å². The predicted octanol–water partition coefficient (Wildman–Crippen LogP) is 3.52. The average Bonchev–Trinajstić information content (AvgIpc) is 3.19. The summed E-state index contributed by atoms with van der Waals surface area (Å²) in [6, 6.07) is 11.1. The number of carbonyl (C=O) groups excluding carboxylic acids is 1. The molecule has 7 heteroatoms. The van der Waals surface area contributed by atoms with Crippen LogP contribution in [0.4, 0.5) is 15.8 Å². The van der Waals surface area contributed by atoms with Crippen molar-refractivity contribution in [3.8, 4) is 0 Å². The Balaban J connectivity index is 1.89. The van der Waals surface area contributed by atoms with Crippen molar-refractivity contribution in [2.45, 2.75) is 24.7 Å². The Bertz CT molecular complexity index is 1060. The number of hydrogen-bond acceptors (Lipinski definition) is 4. The van der Waals surface area contributed by atoms with Crippen molar-refractivity contribution in [2.24, 2.45) is 0 Å². The van der Waals surface area contributed by atoms with Crippen LogP contribution in [0.3, 0.4) is 0 Å². The fraction of sp³-hybridized carbons (Fsp3) is 0.250. The maximum absolute atomic E-state index is 13.7. The highest BCUT2D eigenvalue weighted by atomic mass is 32.2. The summed E-state index contributed by atoms with van der Waals surface area (Å²) in [7, 11) is -3.92. The minimum atomic E-state index is -3.92. The van der Waals surface area contributed by atoms with Crippen molar-refractivity contribution in [1.82, 2.24) is 4.90 Å². The molecule has 1 amide bonds. The van der Waals surface area contributed by atoms with Gasteiger partial charge in [-0.25, -0.2) is 12.8 Å². The van der Waals surface area contributed by atoms with Crippen LogP contribution in [0.25, 0.3) is 0 Å². The molecule has 0 unspecified atom stereocenters. The number of hydrogen-bond donors (Lipinski definition) is 0. The molecule has 27 heavy (non-hydrogen) atoms. The Hall–Kier alpha value is -2.67. The number of para-hydroxylation sites is 1. The first kappa shape index (κ1) is 17.7. The lowest BCUT2D eigenvalue weighted by atomic mass is 10.1. The molecular formula is C20H19FN2O3S. The number of aryl methyl sites for hydroxylation is 1. The molecule has 0 saturated carbocycles. The van der Waals surface area contributed by atoms with Crippen LogP contribution in [0.15, 0.2) is 58.5 Å². The monoisotopic (exact) mass is 386 g/mol. The fourth-order valence-corrected chi connectivity index (χ4v) is 5.04. The molecule has 4 rings (SSSR count). The fourth-order valence-electron chi connectivity index (χ4n) is 3.50. The van der Waals surface area contributed by atoms with Crippen LogP contribution in [0.5, 0.6) is 0 Å². The van der Waals surface area contributed by atoms with E-state index in [0.717, 1.165) is 12.8 Å². The molecule has 2 aliphatic heterocycles. The summed E-state index contributed by atoms with van der Waals surface area (Å²) in [6.07, 6.45) is 3.11. The second kappa shape index (κ2) is 6.49. The third-order valence-electron chi connectivity index (χ3n) is 4.97. The van der Waals surface area contributed by atoms with Crippen molar-refractivity contribution in [1.29, 1.82) is 0 Å². The van der Waals surface area contributed by atoms with Gasteiger partial charge in [-0.15, -0.1) is 0 Å². The number of nitrogens with zero attached hydrogens (tertiary/aromatic N) is 2. The number of benzene rings is 2. The number of amides is 1. The largest absolute Gasteiger partial charge is 0.338 e. The van der Waals surface area contributed by atoms with E-state index >= 15 is 0 Å². The zero-order valence-corrected chi connectivity index (χ0v) is 15.7. The van der Waals surface area contributed by atoms with Gasteiger partial charge in [0.15, 0.2) is 4.91 Å². The highest BCUT2D eigenvalue weighted by Gasteiger charge is 2.38. The predicted molar refractivity (Wildman–Crippen MR) is 101 cm³/mol. The van der Waals surface area contributed by atoms with Crippen LogP contribution < -0.4 is 4.90 Å². The quantitative estimate of drug-likeness (QED) is 0.792. The van der Waals surface area contributed by atoms with E-state index in [1.54, 1.807) is 47.1 Å². The van der Waals surface area contributed by atoms with Crippen LogP contribution >= 0.6 is 0 Å². The van der Waals surface area contributed by atoms with E-state index in [1.807, 2.05) is 0 Å². The Kier molecular flexibility index (Phi) is 4.26. The van der Waals surface area contributed by atoms with E-state index in [2.05, 4.69) is 0 Å². The number of likely N-dealkylation sites (tertiary alicyclic amines) is 1.